The minimum absolute atomic E-state index is 0.132. The lowest BCUT2D eigenvalue weighted by atomic mass is 9.93. The van der Waals surface area contributed by atoms with Crippen molar-refractivity contribution < 1.29 is 23.8 Å². The summed E-state index contributed by atoms with van der Waals surface area (Å²) in [6.07, 6.45) is 2.92. The topological polar surface area (TPSA) is 91.7 Å². The SMILES string of the molecule is CCOC(=O)C1(c2ccc(-c3ccc(-c4cnn(C)c4NC(=O)OC(CCOC)c4ccccc4)cc3)cc2)CC1. The van der Waals surface area contributed by atoms with Crippen molar-refractivity contribution in [2.45, 2.75) is 37.7 Å². The Kier molecular flexibility index (Phi) is 8.50. The molecule has 1 fully saturated rings. The zero-order chi connectivity index (χ0) is 28.8. The first-order valence-corrected chi connectivity index (χ1v) is 13.9. The first kappa shape index (κ1) is 28.1. The molecule has 0 aliphatic heterocycles. The first-order chi connectivity index (χ1) is 19.9. The number of methoxy groups -OCH3 is 1. The fourth-order valence-electron chi connectivity index (χ4n) is 5.07. The van der Waals surface area contributed by atoms with E-state index in [4.69, 9.17) is 14.2 Å². The normalized spacial score (nSPS) is 14.2. The molecule has 3 aromatic carbocycles. The molecule has 5 rings (SSSR count). The van der Waals surface area contributed by atoms with Crippen molar-refractivity contribution in [3.63, 3.8) is 0 Å². The Bertz CT molecular complexity index is 1480. The first-order valence-electron chi connectivity index (χ1n) is 13.9. The molecule has 1 heterocycles. The van der Waals surface area contributed by atoms with E-state index in [2.05, 4.69) is 10.4 Å². The van der Waals surface area contributed by atoms with Gasteiger partial charge < -0.3 is 14.2 Å². The van der Waals surface area contributed by atoms with Crippen LogP contribution in [0.3, 0.4) is 0 Å². The third kappa shape index (κ3) is 6.18. The maximum absolute atomic E-state index is 13.0. The molecule has 1 saturated carbocycles. The average Bonchev–Trinajstić information content (AvgIpc) is 3.75. The smallest absolute Gasteiger partial charge is 0.413 e. The number of ether oxygens (including phenoxy) is 3. The zero-order valence-electron chi connectivity index (χ0n) is 23.6. The minimum atomic E-state index is -0.562. The van der Waals surface area contributed by atoms with Crippen molar-refractivity contribution in [2.24, 2.45) is 7.05 Å². The molecule has 0 bridgehead atoms. The number of aryl methyl sites for hydroxylation is 1. The summed E-state index contributed by atoms with van der Waals surface area (Å²) in [5.41, 5.74) is 5.22. The van der Waals surface area contributed by atoms with Gasteiger partial charge in [-0.2, -0.15) is 5.10 Å². The largest absolute Gasteiger partial charge is 0.465 e. The van der Waals surface area contributed by atoms with Gasteiger partial charge in [0.2, 0.25) is 0 Å². The van der Waals surface area contributed by atoms with E-state index in [9.17, 15) is 9.59 Å². The quantitative estimate of drug-likeness (QED) is 0.209. The summed E-state index contributed by atoms with van der Waals surface area (Å²) >= 11 is 0. The van der Waals surface area contributed by atoms with Crippen molar-refractivity contribution >= 4 is 17.9 Å². The van der Waals surface area contributed by atoms with Crippen LogP contribution in [0.15, 0.2) is 85.1 Å². The molecule has 1 unspecified atom stereocenters. The Labute approximate surface area is 240 Å². The maximum Gasteiger partial charge on any atom is 0.413 e. The fourth-order valence-corrected chi connectivity index (χ4v) is 5.07. The summed E-state index contributed by atoms with van der Waals surface area (Å²) in [7, 11) is 3.40. The summed E-state index contributed by atoms with van der Waals surface area (Å²) in [6.45, 7) is 2.69. The second-order valence-electron chi connectivity index (χ2n) is 10.2. The van der Waals surface area contributed by atoms with E-state index in [1.54, 1.807) is 25.0 Å². The highest BCUT2D eigenvalue weighted by Gasteiger charge is 2.52. The molecule has 0 spiro atoms. The van der Waals surface area contributed by atoms with Crippen LogP contribution in [0.2, 0.25) is 0 Å². The van der Waals surface area contributed by atoms with Gasteiger partial charge >= 0.3 is 12.1 Å². The van der Waals surface area contributed by atoms with Crippen molar-refractivity contribution in [3.05, 3.63) is 96.2 Å². The Hall–Kier alpha value is -4.43. The van der Waals surface area contributed by atoms with Crippen LogP contribution in [-0.4, -0.2) is 42.2 Å². The summed E-state index contributed by atoms with van der Waals surface area (Å²) in [6, 6.07) is 25.8. The highest BCUT2D eigenvalue weighted by atomic mass is 16.6. The van der Waals surface area contributed by atoms with Crippen molar-refractivity contribution in [1.29, 1.82) is 0 Å². The summed E-state index contributed by atoms with van der Waals surface area (Å²) < 4.78 is 17.9. The highest BCUT2D eigenvalue weighted by molar-refractivity contribution is 5.90. The van der Waals surface area contributed by atoms with E-state index in [1.807, 2.05) is 85.8 Å². The molecule has 1 aromatic heterocycles. The second-order valence-corrected chi connectivity index (χ2v) is 10.2. The van der Waals surface area contributed by atoms with Gasteiger partial charge in [-0.3, -0.25) is 14.8 Å². The molecular formula is C33H35N3O5. The van der Waals surface area contributed by atoms with Gasteiger partial charge in [-0.25, -0.2) is 4.79 Å². The molecule has 1 aliphatic carbocycles. The minimum Gasteiger partial charge on any atom is -0.465 e. The molecule has 0 saturated heterocycles. The Morgan fingerprint density at radius 1 is 0.951 bits per heavy atom. The molecule has 8 nitrogen and oxygen atoms in total. The maximum atomic E-state index is 13.0. The van der Waals surface area contributed by atoms with Gasteiger partial charge in [0.05, 0.1) is 24.8 Å². The van der Waals surface area contributed by atoms with Crippen molar-refractivity contribution in [1.82, 2.24) is 9.78 Å². The second kappa shape index (κ2) is 12.4. The highest BCUT2D eigenvalue weighted by Crippen LogP contribution is 2.49. The van der Waals surface area contributed by atoms with Crippen LogP contribution in [0.1, 0.15) is 43.4 Å². The molecular weight excluding hydrogens is 518 g/mol. The monoisotopic (exact) mass is 553 g/mol. The predicted octanol–water partition coefficient (Wildman–Crippen LogP) is 6.68. The Balaban J connectivity index is 1.29. The zero-order valence-corrected chi connectivity index (χ0v) is 23.6. The Morgan fingerprint density at radius 3 is 2.20 bits per heavy atom. The number of rotatable bonds is 11. The van der Waals surface area contributed by atoms with Crippen LogP contribution < -0.4 is 5.32 Å². The van der Waals surface area contributed by atoms with Crippen LogP contribution in [0.25, 0.3) is 22.3 Å². The third-order valence-electron chi connectivity index (χ3n) is 7.55. The van der Waals surface area contributed by atoms with Gasteiger partial charge in [0.25, 0.3) is 0 Å². The molecule has 212 valence electrons. The number of nitrogens with one attached hydrogen (secondary N) is 1. The standard InChI is InChI=1S/C33H35N3O5/c1-4-40-31(37)33(19-20-33)27-16-14-24(15-17-27)23-10-12-25(13-11-23)28-22-34-36(2)30(28)35-32(38)41-29(18-21-39-3)26-8-6-5-7-9-26/h5-17,22,29H,4,18-21H2,1-3H3,(H,35,38). The molecule has 4 aromatic rings. The van der Waals surface area contributed by atoms with Crippen molar-refractivity contribution in [3.8, 4) is 22.3 Å². The number of amides is 1. The lowest BCUT2D eigenvalue weighted by Crippen LogP contribution is -2.23. The molecule has 0 radical (unpaired) electrons. The number of nitrogens with zero attached hydrogens (tertiary/aromatic N) is 2. The fraction of sp³-hybridized carbons (Fsp3) is 0.303. The summed E-state index contributed by atoms with van der Waals surface area (Å²) in [4.78, 5) is 25.4. The predicted molar refractivity (Wildman–Crippen MR) is 157 cm³/mol. The molecule has 1 amide bonds. The Morgan fingerprint density at radius 2 is 1.59 bits per heavy atom. The number of anilines is 1. The molecule has 1 aliphatic rings. The van der Waals surface area contributed by atoms with Gasteiger partial charge in [0, 0.05) is 26.1 Å². The van der Waals surface area contributed by atoms with Crippen molar-refractivity contribution in [2.75, 3.05) is 25.6 Å². The number of hydrogen-bond donors (Lipinski definition) is 1. The van der Waals surface area contributed by atoms with E-state index >= 15 is 0 Å². The van der Waals surface area contributed by atoms with E-state index in [0.29, 0.717) is 25.5 Å². The third-order valence-corrected chi connectivity index (χ3v) is 7.55. The number of esters is 1. The lowest BCUT2D eigenvalue weighted by Gasteiger charge is -2.19. The van der Waals surface area contributed by atoms with E-state index in [1.165, 1.54) is 0 Å². The lowest BCUT2D eigenvalue weighted by molar-refractivity contribution is -0.146. The van der Waals surface area contributed by atoms with Gasteiger partial charge in [-0.05, 0) is 47.6 Å². The van der Waals surface area contributed by atoms with Gasteiger partial charge in [-0.1, -0.05) is 78.9 Å². The van der Waals surface area contributed by atoms with Crippen LogP contribution >= 0.6 is 0 Å². The summed E-state index contributed by atoms with van der Waals surface area (Å²) in [5, 5.41) is 7.25. The molecule has 1 atom stereocenters. The average molecular weight is 554 g/mol. The number of carbonyl (C=O) groups excluding carboxylic acids is 2. The van der Waals surface area contributed by atoms with Gasteiger partial charge in [0.15, 0.2) is 0 Å². The molecule has 1 N–H and O–H groups in total. The number of hydrogen-bond acceptors (Lipinski definition) is 6. The number of benzene rings is 3. The van der Waals surface area contributed by atoms with E-state index < -0.39 is 17.6 Å². The van der Waals surface area contributed by atoms with Crippen LogP contribution in [-0.2, 0) is 31.5 Å². The van der Waals surface area contributed by atoms with Crippen LogP contribution in [0, 0.1) is 0 Å². The number of carbonyl (C=O) groups is 2. The van der Waals surface area contributed by atoms with Gasteiger partial charge in [-0.15, -0.1) is 0 Å². The van der Waals surface area contributed by atoms with Gasteiger partial charge in [0.1, 0.15) is 11.9 Å². The summed E-state index contributed by atoms with van der Waals surface area (Å²) in [5.74, 6) is 0.409. The van der Waals surface area contributed by atoms with Crippen LogP contribution in [0.5, 0.6) is 0 Å². The molecule has 41 heavy (non-hydrogen) atoms. The van der Waals surface area contributed by atoms with E-state index in [0.717, 1.165) is 46.2 Å². The van der Waals surface area contributed by atoms with E-state index in [-0.39, 0.29) is 5.97 Å². The molecule has 8 heteroatoms. The number of aromatic nitrogens is 2. The van der Waals surface area contributed by atoms with Crippen LogP contribution in [0.4, 0.5) is 10.6 Å².